The summed E-state index contributed by atoms with van der Waals surface area (Å²) in [5, 5.41) is 3.27. The highest BCUT2D eigenvalue weighted by atomic mass is 16.2. The summed E-state index contributed by atoms with van der Waals surface area (Å²) >= 11 is 0. The molecule has 1 fully saturated rings. The maximum Gasteiger partial charge on any atom is 0.231 e. The normalized spacial score (nSPS) is 23.6. The predicted octanol–water partition coefficient (Wildman–Crippen LogP) is 1.29. The van der Waals surface area contributed by atoms with Crippen LogP contribution in [0.1, 0.15) is 13.8 Å². The van der Waals surface area contributed by atoms with Gasteiger partial charge in [0.05, 0.1) is 5.92 Å². The predicted molar refractivity (Wildman–Crippen MR) is 67.8 cm³/mol. The average molecular weight is 233 g/mol. The summed E-state index contributed by atoms with van der Waals surface area (Å²) in [4.78, 5) is 18.3. The molecule has 0 aromatic carbocycles. The summed E-state index contributed by atoms with van der Waals surface area (Å²) in [7, 11) is 0. The second-order valence-electron chi connectivity index (χ2n) is 4.53. The zero-order valence-electron chi connectivity index (χ0n) is 10.4. The van der Waals surface area contributed by atoms with Crippen LogP contribution in [0.5, 0.6) is 0 Å². The van der Waals surface area contributed by atoms with Gasteiger partial charge in [0.15, 0.2) is 0 Å². The highest BCUT2D eigenvalue weighted by Crippen LogP contribution is 2.22. The van der Waals surface area contributed by atoms with Crippen molar-refractivity contribution in [3.05, 3.63) is 24.5 Å². The van der Waals surface area contributed by atoms with Gasteiger partial charge in [-0.25, -0.2) is 0 Å². The van der Waals surface area contributed by atoms with Crippen LogP contribution >= 0.6 is 0 Å². The first-order chi connectivity index (χ1) is 8.24. The number of hydrogen-bond donors (Lipinski definition) is 1. The van der Waals surface area contributed by atoms with E-state index >= 15 is 0 Å². The van der Waals surface area contributed by atoms with E-state index in [1.807, 2.05) is 24.0 Å². The Kier molecular flexibility index (Phi) is 3.74. The Morgan fingerprint density at radius 3 is 2.71 bits per heavy atom. The SMILES string of the molecule is CCN(C(=O)C1CNCC1C)c1ccncc1. The van der Waals surface area contributed by atoms with E-state index < -0.39 is 0 Å². The van der Waals surface area contributed by atoms with Crippen molar-refractivity contribution in [1.82, 2.24) is 10.3 Å². The average Bonchev–Trinajstić information content (AvgIpc) is 2.77. The van der Waals surface area contributed by atoms with Gasteiger partial charge in [-0.3, -0.25) is 9.78 Å². The number of rotatable bonds is 3. The summed E-state index contributed by atoms with van der Waals surface area (Å²) < 4.78 is 0. The van der Waals surface area contributed by atoms with Crippen LogP contribution in [-0.4, -0.2) is 30.5 Å². The van der Waals surface area contributed by atoms with Gasteiger partial charge >= 0.3 is 0 Å². The summed E-state index contributed by atoms with van der Waals surface area (Å²) in [5.41, 5.74) is 0.937. The molecule has 92 valence electrons. The molecule has 2 atom stereocenters. The zero-order valence-corrected chi connectivity index (χ0v) is 10.4. The molecule has 1 aromatic rings. The molecule has 2 rings (SSSR count). The van der Waals surface area contributed by atoms with Crippen molar-refractivity contribution < 1.29 is 4.79 Å². The van der Waals surface area contributed by atoms with Crippen molar-refractivity contribution in [3.8, 4) is 0 Å². The standard InChI is InChI=1S/C13H19N3O/c1-3-16(11-4-6-14-7-5-11)13(17)12-9-15-8-10(12)2/h4-7,10,12,15H,3,8-9H2,1-2H3. The number of pyridine rings is 1. The minimum atomic E-state index is 0.100. The fraction of sp³-hybridized carbons (Fsp3) is 0.538. The lowest BCUT2D eigenvalue weighted by Crippen LogP contribution is -2.38. The fourth-order valence-corrected chi connectivity index (χ4v) is 2.33. The quantitative estimate of drug-likeness (QED) is 0.855. The lowest BCUT2D eigenvalue weighted by atomic mass is 9.96. The Morgan fingerprint density at radius 1 is 1.47 bits per heavy atom. The van der Waals surface area contributed by atoms with E-state index in [-0.39, 0.29) is 11.8 Å². The lowest BCUT2D eigenvalue weighted by molar-refractivity contribution is -0.122. The number of nitrogens with one attached hydrogen (secondary N) is 1. The number of aromatic nitrogens is 1. The molecule has 1 aromatic heterocycles. The van der Waals surface area contributed by atoms with Crippen molar-refractivity contribution in [2.45, 2.75) is 13.8 Å². The molecule has 1 aliphatic rings. The van der Waals surface area contributed by atoms with Gasteiger partial charge in [0.25, 0.3) is 0 Å². The molecule has 1 amide bonds. The molecule has 0 radical (unpaired) electrons. The van der Waals surface area contributed by atoms with E-state index in [2.05, 4.69) is 17.2 Å². The number of carbonyl (C=O) groups is 1. The van der Waals surface area contributed by atoms with Crippen molar-refractivity contribution in [3.63, 3.8) is 0 Å². The maximum atomic E-state index is 12.5. The Hall–Kier alpha value is -1.42. The minimum absolute atomic E-state index is 0.100. The molecule has 2 heterocycles. The second-order valence-corrected chi connectivity index (χ2v) is 4.53. The van der Waals surface area contributed by atoms with Crippen LogP contribution in [0, 0.1) is 11.8 Å². The first-order valence-corrected chi connectivity index (χ1v) is 6.16. The largest absolute Gasteiger partial charge is 0.316 e. The van der Waals surface area contributed by atoms with Gasteiger partial charge in [0, 0.05) is 31.2 Å². The van der Waals surface area contributed by atoms with E-state index in [0.717, 1.165) is 18.8 Å². The first-order valence-electron chi connectivity index (χ1n) is 6.16. The van der Waals surface area contributed by atoms with E-state index in [9.17, 15) is 4.79 Å². The third-order valence-electron chi connectivity index (χ3n) is 3.39. The molecule has 17 heavy (non-hydrogen) atoms. The Morgan fingerprint density at radius 2 is 2.18 bits per heavy atom. The van der Waals surface area contributed by atoms with Crippen molar-refractivity contribution in [2.24, 2.45) is 11.8 Å². The number of amides is 1. The van der Waals surface area contributed by atoms with Crippen LogP contribution in [0.3, 0.4) is 0 Å². The maximum absolute atomic E-state index is 12.5. The fourth-order valence-electron chi connectivity index (χ4n) is 2.33. The molecule has 4 nitrogen and oxygen atoms in total. The van der Waals surface area contributed by atoms with Gasteiger partial charge in [-0.2, -0.15) is 0 Å². The van der Waals surface area contributed by atoms with Crippen molar-refractivity contribution >= 4 is 11.6 Å². The van der Waals surface area contributed by atoms with Crippen LogP contribution in [-0.2, 0) is 4.79 Å². The Balaban J connectivity index is 2.16. The van der Waals surface area contributed by atoms with Gasteiger partial charge in [0.2, 0.25) is 5.91 Å². The zero-order chi connectivity index (χ0) is 12.3. The lowest BCUT2D eigenvalue weighted by Gasteiger charge is -2.25. The summed E-state index contributed by atoms with van der Waals surface area (Å²) in [6.07, 6.45) is 3.45. The van der Waals surface area contributed by atoms with Crippen LogP contribution in [0.25, 0.3) is 0 Å². The summed E-state index contributed by atoms with van der Waals surface area (Å²) in [5.74, 6) is 0.734. The second kappa shape index (κ2) is 5.27. The van der Waals surface area contributed by atoms with E-state index in [0.29, 0.717) is 12.5 Å². The van der Waals surface area contributed by atoms with Crippen LogP contribution in [0.4, 0.5) is 5.69 Å². The highest BCUT2D eigenvalue weighted by Gasteiger charge is 2.32. The molecule has 2 unspecified atom stereocenters. The molecule has 0 saturated carbocycles. The number of anilines is 1. The molecule has 0 aliphatic carbocycles. The summed E-state index contributed by atoms with van der Waals surface area (Å²) in [6, 6.07) is 3.77. The minimum Gasteiger partial charge on any atom is -0.316 e. The molecule has 0 spiro atoms. The van der Waals surface area contributed by atoms with Crippen LogP contribution in [0.2, 0.25) is 0 Å². The Labute approximate surface area is 102 Å². The Bertz CT molecular complexity index is 380. The number of carbonyl (C=O) groups excluding carboxylic acids is 1. The molecule has 4 heteroatoms. The number of hydrogen-bond acceptors (Lipinski definition) is 3. The topological polar surface area (TPSA) is 45.2 Å². The number of nitrogens with zero attached hydrogens (tertiary/aromatic N) is 2. The van der Waals surface area contributed by atoms with E-state index in [1.54, 1.807) is 12.4 Å². The van der Waals surface area contributed by atoms with E-state index in [4.69, 9.17) is 0 Å². The molecule has 1 aliphatic heterocycles. The summed E-state index contributed by atoms with van der Waals surface area (Å²) in [6.45, 7) is 6.56. The molecule has 1 N–H and O–H groups in total. The molecule has 1 saturated heterocycles. The molecule has 0 bridgehead atoms. The van der Waals surface area contributed by atoms with Crippen LogP contribution < -0.4 is 10.2 Å². The van der Waals surface area contributed by atoms with Gasteiger partial charge < -0.3 is 10.2 Å². The van der Waals surface area contributed by atoms with Crippen LogP contribution in [0.15, 0.2) is 24.5 Å². The third kappa shape index (κ3) is 2.47. The van der Waals surface area contributed by atoms with Gasteiger partial charge in [-0.1, -0.05) is 6.92 Å². The van der Waals surface area contributed by atoms with Crippen molar-refractivity contribution in [2.75, 3.05) is 24.5 Å². The molecular formula is C13H19N3O. The first kappa shape index (κ1) is 12.0. The van der Waals surface area contributed by atoms with Gasteiger partial charge in [-0.05, 0) is 31.5 Å². The third-order valence-corrected chi connectivity index (χ3v) is 3.39. The smallest absolute Gasteiger partial charge is 0.231 e. The monoisotopic (exact) mass is 233 g/mol. The molecular weight excluding hydrogens is 214 g/mol. The highest BCUT2D eigenvalue weighted by molar-refractivity contribution is 5.95. The van der Waals surface area contributed by atoms with Gasteiger partial charge in [0.1, 0.15) is 0 Å². The van der Waals surface area contributed by atoms with Crippen molar-refractivity contribution in [1.29, 1.82) is 0 Å². The van der Waals surface area contributed by atoms with E-state index in [1.165, 1.54) is 0 Å². The van der Waals surface area contributed by atoms with Gasteiger partial charge in [-0.15, -0.1) is 0 Å².